The Morgan fingerprint density at radius 1 is 1.08 bits per heavy atom. The van der Waals surface area contributed by atoms with Crippen LogP contribution in [0.5, 0.6) is 0 Å². The van der Waals surface area contributed by atoms with Crippen molar-refractivity contribution in [3.05, 3.63) is 57.3 Å². The van der Waals surface area contributed by atoms with E-state index >= 15 is 0 Å². The number of rotatable bonds is 4. The van der Waals surface area contributed by atoms with Crippen LogP contribution in [0.15, 0.2) is 36.4 Å². The van der Waals surface area contributed by atoms with Crippen LogP contribution >= 0.6 is 11.3 Å². The Bertz CT molecular complexity index is 716. The molecule has 132 valence electrons. The van der Waals surface area contributed by atoms with Crippen molar-refractivity contribution in [3.8, 4) is 0 Å². The number of carbonyl (C=O) groups excluding carboxylic acids is 2. The molecule has 1 aromatic carbocycles. The molecule has 0 aliphatic heterocycles. The van der Waals surface area contributed by atoms with E-state index in [1.807, 2.05) is 43.3 Å². The summed E-state index contributed by atoms with van der Waals surface area (Å²) in [5.41, 5.74) is 7.51. The summed E-state index contributed by atoms with van der Waals surface area (Å²) in [6.07, 6.45) is 6.11. The van der Waals surface area contributed by atoms with Gasteiger partial charge in [-0.2, -0.15) is 0 Å². The fourth-order valence-electron chi connectivity index (χ4n) is 3.20. The van der Waals surface area contributed by atoms with Gasteiger partial charge in [-0.05, 0) is 48.8 Å². The highest BCUT2D eigenvalue weighted by Gasteiger charge is 2.17. The molecule has 1 aromatic heterocycles. The number of amides is 2. The highest BCUT2D eigenvalue weighted by Crippen LogP contribution is 2.28. The molecule has 0 fully saturated rings. The van der Waals surface area contributed by atoms with Gasteiger partial charge in [0.05, 0.1) is 4.88 Å². The second kappa shape index (κ2) is 8.30. The van der Waals surface area contributed by atoms with E-state index in [2.05, 4.69) is 10.9 Å². The highest BCUT2D eigenvalue weighted by atomic mass is 32.1. The molecular weight excluding hydrogens is 332 g/mol. The smallest absolute Gasteiger partial charge is 0.273 e. The van der Waals surface area contributed by atoms with Crippen LogP contribution in [0.25, 0.3) is 0 Å². The SMILES string of the molecule is CC(CC(=O)NNC(=O)c1cc2c(s1)CCCCC2)c1ccccc1. The average molecular weight is 356 g/mol. The van der Waals surface area contributed by atoms with Crippen LogP contribution in [0.2, 0.25) is 0 Å². The van der Waals surface area contributed by atoms with Crippen molar-refractivity contribution in [2.75, 3.05) is 0 Å². The van der Waals surface area contributed by atoms with E-state index in [4.69, 9.17) is 0 Å². The number of nitrogens with one attached hydrogen (secondary N) is 2. The summed E-state index contributed by atoms with van der Waals surface area (Å²) in [4.78, 5) is 26.4. The zero-order valence-electron chi connectivity index (χ0n) is 14.5. The van der Waals surface area contributed by atoms with Gasteiger partial charge in [-0.15, -0.1) is 11.3 Å². The van der Waals surface area contributed by atoms with E-state index in [0.717, 1.165) is 18.4 Å². The second-order valence-corrected chi connectivity index (χ2v) is 7.77. The van der Waals surface area contributed by atoms with E-state index in [1.54, 1.807) is 11.3 Å². The summed E-state index contributed by atoms with van der Waals surface area (Å²) in [5, 5.41) is 0. The molecule has 1 unspecified atom stereocenters. The fourth-order valence-corrected chi connectivity index (χ4v) is 4.34. The predicted octanol–water partition coefficient (Wildman–Crippen LogP) is 3.97. The number of benzene rings is 1. The molecule has 2 aromatic rings. The van der Waals surface area contributed by atoms with Gasteiger partial charge in [-0.1, -0.05) is 43.7 Å². The van der Waals surface area contributed by atoms with Gasteiger partial charge in [0.25, 0.3) is 5.91 Å². The molecule has 0 saturated heterocycles. The van der Waals surface area contributed by atoms with Crippen molar-refractivity contribution in [1.82, 2.24) is 10.9 Å². The maximum absolute atomic E-state index is 12.3. The largest absolute Gasteiger partial charge is 0.279 e. The van der Waals surface area contributed by atoms with Crippen LogP contribution in [0.1, 0.15) is 64.2 Å². The molecule has 4 nitrogen and oxygen atoms in total. The minimum absolute atomic E-state index is 0.107. The molecule has 0 radical (unpaired) electrons. The van der Waals surface area contributed by atoms with Crippen LogP contribution < -0.4 is 10.9 Å². The van der Waals surface area contributed by atoms with E-state index in [0.29, 0.717) is 11.3 Å². The summed E-state index contributed by atoms with van der Waals surface area (Å²) < 4.78 is 0. The fraction of sp³-hybridized carbons (Fsp3) is 0.400. The van der Waals surface area contributed by atoms with Crippen molar-refractivity contribution in [3.63, 3.8) is 0 Å². The Balaban J connectivity index is 1.51. The molecule has 1 aliphatic rings. The van der Waals surface area contributed by atoms with Crippen molar-refractivity contribution in [2.45, 2.75) is 51.4 Å². The molecule has 1 heterocycles. The molecule has 25 heavy (non-hydrogen) atoms. The van der Waals surface area contributed by atoms with Gasteiger partial charge in [-0.3, -0.25) is 20.4 Å². The number of thiophene rings is 1. The first-order valence-electron chi connectivity index (χ1n) is 8.89. The molecule has 1 atom stereocenters. The third-order valence-electron chi connectivity index (χ3n) is 4.65. The molecule has 0 saturated carbocycles. The third-order valence-corrected chi connectivity index (χ3v) is 5.88. The van der Waals surface area contributed by atoms with Gasteiger partial charge in [-0.25, -0.2) is 0 Å². The first kappa shape index (κ1) is 17.7. The number of carbonyl (C=O) groups is 2. The van der Waals surface area contributed by atoms with Crippen molar-refractivity contribution in [2.24, 2.45) is 0 Å². The Morgan fingerprint density at radius 2 is 1.84 bits per heavy atom. The minimum Gasteiger partial charge on any atom is -0.273 e. The lowest BCUT2D eigenvalue weighted by Gasteiger charge is -2.12. The van der Waals surface area contributed by atoms with Crippen LogP contribution in [-0.4, -0.2) is 11.8 Å². The predicted molar refractivity (Wildman–Crippen MR) is 101 cm³/mol. The minimum atomic E-state index is -0.223. The standard InChI is InChI=1S/C20H24N2O2S/c1-14(15-8-4-2-5-9-15)12-19(23)21-22-20(24)18-13-16-10-6-3-7-11-17(16)25-18/h2,4-5,8-9,13-14H,3,6-7,10-12H2,1H3,(H,21,23)(H,22,24). The maximum atomic E-state index is 12.3. The van der Waals surface area contributed by atoms with Crippen molar-refractivity contribution < 1.29 is 9.59 Å². The van der Waals surface area contributed by atoms with Gasteiger partial charge in [0, 0.05) is 11.3 Å². The molecule has 0 spiro atoms. The van der Waals surface area contributed by atoms with Gasteiger partial charge < -0.3 is 0 Å². The Kier molecular flexibility index (Phi) is 5.87. The van der Waals surface area contributed by atoms with Crippen LogP contribution in [-0.2, 0) is 17.6 Å². The number of hydrazine groups is 1. The van der Waals surface area contributed by atoms with Crippen LogP contribution in [0.4, 0.5) is 0 Å². The second-order valence-electron chi connectivity index (χ2n) is 6.64. The number of fused-ring (bicyclic) bond motifs is 1. The lowest BCUT2D eigenvalue weighted by molar-refractivity contribution is -0.122. The Morgan fingerprint density at radius 3 is 2.64 bits per heavy atom. The maximum Gasteiger partial charge on any atom is 0.279 e. The Labute approximate surface area is 152 Å². The first-order chi connectivity index (χ1) is 12.1. The normalized spacial score (nSPS) is 14.9. The molecule has 2 amide bonds. The van der Waals surface area contributed by atoms with Gasteiger partial charge in [0.1, 0.15) is 0 Å². The van der Waals surface area contributed by atoms with Crippen LogP contribution in [0.3, 0.4) is 0 Å². The number of hydrogen-bond acceptors (Lipinski definition) is 3. The highest BCUT2D eigenvalue weighted by molar-refractivity contribution is 7.14. The van der Waals surface area contributed by atoms with Crippen molar-refractivity contribution in [1.29, 1.82) is 0 Å². The Hall–Kier alpha value is -2.14. The van der Waals surface area contributed by atoms with Gasteiger partial charge in [0.15, 0.2) is 0 Å². The number of aryl methyl sites for hydroxylation is 2. The summed E-state index contributed by atoms with van der Waals surface area (Å²) in [6, 6.07) is 11.9. The summed E-state index contributed by atoms with van der Waals surface area (Å²) in [7, 11) is 0. The summed E-state index contributed by atoms with van der Waals surface area (Å²) in [6.45, 7) is 2.01. The van der Waals surface area contributed by atoms with Gasteiger partial charge in [0.2, 0.25) is 5.91 Å². The first-order valence-corrected chi connectivity index (χ1v) is 9.71. The monoisotopic (exact) mass is 356 g/mol. The lowest BCUT2D eigenvalue weighted by Crippen LogP contribution is -2.41. The molecule has 0 bridgehead atoms. The molecule has 3 rings (SSSR count). The third kappa shape index (κ3) is 4.69. The van der Waals surface area contributed by atoms with Crippen LogP contribution in [0, 0.1) is 0 Å². The molecule has 1 aliphatic carbocycles. The van der Waals surface area contributed by atoms with E-state index in [-0.39, 0.29) is 17.7 Å². The van der Waals surface area contributed by atoms with E-state index < -0.39 is 0 Å². The lowest BCUT2D eigenvalue weighted by atomic mass is 9.98. The zero-order chi connectivity index (χ0) is 17.6. The average Bonchev–Trinajstić information content (AvgIpc) is 2.91. The topological polar surface area (TPSA) is 58.2 Å². The molecule has 2 N–H and O–H groups in total. The van der Waals surface area contributed by atoms with Crippen molar-refractivity contribution >= 4 is 23.2 Å². The van der Waals surface area contributed by atoms with E-state index in [9.17, 15) is 9.59 Å². The summed E-state index contributed by atoms with van der Waals surface area (Å²) in [5.74, 6) is -0.294. The molecule has 5 heteroatoms. The summed E-state index contributed by atoms with van der Waals surface area (Å²) >= 11 is 1.56. The zero-order valence-corrected chi connectivity index (χ0v) is 15.3. The molecular formula is C20H24N2O2S. The quantitative estimate of drug-likeness (QED) is 0.643. The number of hydrogen-bond donors (Lipinski definition) is 2. The van der Waals surface area contributed by atoms with Gasteiger partial charge >= 0.3 is 0 Å². The van der Waals surface area contributed by atoms with E-state index in [1.165, 1.54) is 29.7 Å².